The third-order valence-electron chi connectivity index (χ3n) is 6.90. The maximum absolute atomic E-state index is 13.5. The van der Waals surface area contributed by atoms with E-state index < -0.39 is 0 Å². The molecule has 0 saturated carbocycles. The number of hydrogen-bond donors (Lipinski definition) is 1. The van der Waals surface area contributed by atoms with Crippen molar-refractivity contribution in [1.82, 2.24) is 10.3 Å². The van der Waals surface area contributed by atoms with Gasteiger partial charge in [0.15, 0.2) is 0 Å². The summed E-state index contributed by atoms with van der Waals surface area (Å²) in [5.74, 6) is -0.266. The fourth-order valence-corrected chi connectivity index (χ4v) is 19.1. The van der Waals surface area contributed by atoms with E-state index in [0.717, 1.165) is 15.2 Å². The van der Waals surface area contributed by atoms with Gasteiger partial charge in [0.1, 0.15) is 0 Å². The fraction of sp³-hybridized carbons (Fsp3) is 0.214. The van der Waals surface area contributed by atoms with Gasteiger partial charge in [0.25, 0.3) is 0 Å². The molecular formula is C28H22I2N2O2S-2. The number of nitrogens with one attached hydrogen (secondary N) is 1. The molecule has 4 aromatic rings. The number of para-hydroxylation sites is 1. The molecule has 7 rings (SSSR count). The second-order valence-corrected chi connectivity index (χ2v) is 18.7. The van der Waals surface area contributed by atoms with E-state index in [1.165, 1.54) is 25.5 Å². The van der Waals surface area contributed by atoms with Crippen molar-refractivity contribution < 1.29 is 51.9 Å². The Morgan fingerprint density at radius 3 is 2.51 bits per heavy atom. The Kier molecular flexibility index (Phi) is 5.71. The summed E-state index contributed by atoms with van der Waals surface area (Å²) in [6.45, 7) is 0. The van der Waals surface area contributed by atoms with Crippen molar-refractivity contribution in [1.29, 1.82) is 0 Å². The summed E-state index contributed by atoms with van der Waals surface area (Å²) in [6, 6.07) is 27.4. The van der Waals surface area contributed by atoms with Crippen LogP contribution in [0, 0.1) is 0 Å². The molecule has 7 heteroatoms. The molecule has 178 valence electrons. The summed E-state index contributed by atoms with van der Waals surface area (Å²) >= 11 is 1.65. The van der Waals surface area contributed by atoms with E-state index in [-0.39, 0.29) is 66.1 Å². The van der Waals surface area contributed by atoms with E-state index in [1.807, 2.05) is 24.3 Å². The van der Waals surface area contributed by atoms with Gasteiger partial charge in [-0.3, -0.25) is 0 Å². The third-order valence-corrected chi connectivity index (χ3v) is 20.4. The van der Waals surface area contributed by atoms with Crippen LogP contribution in [0.1, 0.15) is 27.7 Å². The van der Waals surface area contributed by atoms with Crippen LogP contribution in [-0.2, 0) is 14.9 Å². The molecular weight excluding hydrogens is 682 g/mol. The molecule has 4 nitrogen and oxygen atoms in total. The number of alkyl halides is 4. The number of halogens is 2. The Morgan fingerprint density at radius 2 is 1.69 bits per heavy atom. The molecule has 35 heavy (non-hydrogen) atoms. The minimum atomic E-state index is -0.365. The van der Waals surface area contributed by atoms with Crippen LogP contribution < -0.4 is 47.7 Å². The summed E-state index contributed by atoms with van der Waals surface area (Å²) in [5.41, 5.74) is 5.07. The molecule has 3 aliphatic rings. The van der Waals surface area contributed by atoms with Gasteiger partial charge < -0.3 is 0 Å². The number of carbonyl (C=O) groups is 1. The van der Waals surface area contributed by atoms with E-state index >= 15 is 0 Å². The number of hydrogen-bond acceptors (Lipinski definition) is 5. The van der Waals surface area contributed by atoms with Crippen LogP contribution >= 0.6 is 11.3 Å². The summed E-state index contributed by atoms with van der Waals surface area (Å²) in [6.07, 6.45) is 1.92. The van der Waals surface area contributed by atoms with Gasteiger partial charge in [-0.05, 0) is 0 Å². The number of fused-ring (bicyclic) bond motifs is 4. The van der Waals surface area contributed by atoms with Crippen LogP contribution in [-0.4, -0.2) is 28.0 Å². The molecule has 0 aliphatic carbocycles. The van der Waals surface area contributed by atoms with Crippen molar-refractivity contribution in [2.24, 2.45) is 0 Å². The number of aromatic nitrogens is 1. The van der Waals surface area contributed by atoms with Crippen LogP contribution in [0.3, 0.4) is 0 Å². The zero-order chi connectivity index (χ0) is 23.4. The molecule has 3 atom stereocenters. The maximum atomic E-state index is 13.5. The first-order valence-corrected chi connectivity index (χ1v) is 18.0. The van der Waals surface area contributed by atoms with Crippen molar-refractivity contribution in [2.45, 2.75) is 19.6 Å². The van der Waals surface area contributed by atoms with Crippen molar-refractivity contribution in [3.8, 4) is 0 Å². The molecule has 1 aromatic heterocycles. The number of carbonyl (C=O) groups excluding carboxylic acids is 1. The van der Waals surface area contributed by atoms with Gasteiger partial charge in [-0.15, -0.1) is 0 Å². The van der Waals surface area contributed by atoms with E-state index in [4.69, 9.17) is 9.72 Å². The van der Waals surface area contributed by atoms with E-state index in [2.05, 4.69) is 66.0 Å². The van der Waals surface area contributed by atoms with Crippen LogP contribution in [0.25, 0.3) is 15.8 Å². The normalized spacial score (nSPS) is 26.6. The Hall–Kier alpha value is -1.82. The first-order chi connectivity index (χ1) is 17.2. The zero-order valence-corrected chi connectivity index (χ0v) is 23.8. The van der Waals surface area contributed by atoms with E-state index in [0.29, 0.717) is 7.50 Å². The second-order valence-electron chi connectivity index (χ2n) is 8.85. The fourth-order valence-electron chi connectivity index (χ4n) is 5.34. The molecule has 0 bridgehead atoms. The van der Waals surface area contributed by atoms with Crippen LogP contribution in [0.2, 0.25) is 0 Å². The predicted molar refractivity (Wildman–Crippen MR) is 131 cm³/mol. The Balaban J connectivity index is 1.46. The number of benzene rings is 3. The molecule has 1 N–H and O–H groups in total. The first kappa shape index (κ1) is 22.4. The number of esters is 1. The SMILES string of the molecule is O=C1OC2NC(c3ccccc3)c3ccccc3C2(C2[I-]CC[I-]2)C=C1c1nc2ccccc2s1. The molecule has 3 unspecified atom stereocenters. The molecule has 3 aromatic carbocycles. The average Bonchev–Trinajstić information content (AvgIpc) is 3.59. The Bertz CT molecular complexity index is 1430. The molecule has 0 amide bonds. The topological polar surface area (TPSA) is 51.2 Å². The molecule has 1 saturated heterocycles. The summed E-state index contributed by atoms with van der Waals surface area (Å²) in [7, 11) is 0. The quantitative estimate of drug-likeness (QED) is 0.164. The first-order valence-electron chi connectivity index (χ1n) is 11.6. The molecule has 1 fully saturated rings. The summed E-state index contributed by atoms with van der Waals surface area (Å²) in [4.78, 5) is 18.3. The van der Waals surface area contributed by atoms with Gasteiger partial charge in [-0.25, -0.2) is 0 Å². The number of ether oxygens (including phenoxy) is 1. The number of nitrogens with zero attached hydrogens (tertiary/aromatic N) is 1. The Morgan fingerprint density at radius 1 is 0.943 bits per heavy atom. The average molecular weight is 704 g/mol. The van der Waals surface area contributed by atoms with Crippen molar-refractivity contribution in [3.63, 3.8) is 0 Å². The van der Waals surface area contributed by atoms with Gasteiger partial charge >= 0.3 is 230 Å². The predicted octanol–water partition coefficient (Wildman–Crippen LogP) is -1.29. The van der Waals surface area contributed by atoms with E-state index in [9.17, 15) is 4.79 Å². The van der Waals surface area contributed by atoms with E-state index in [1.54, 1.807) is 11.3 Å². The zero-order valence-electron chi connectivity index (χ0n) is 18.7. The van der Waals surface area contributed by atoms with Gasteiger partial charge in [-0.1, -0.05) is 0 Å². The van der Waals surface area contributed by atoms with Gasteiger partial charge in [0.2, 0.25) is 0 Å². The van der Waals surface area contributed by atoms with Crippen molar-refractivity contribution >= 4 is 33.1 Å². The Labute approximate surface area is 228 Å². The van der Waals surface area contributed by atoms with Crippen LogP contribution in [0.5, 0.6) is 0 Å². The van der Waals surface area contributed by atoms with Crippen molar-refractivity contribution in [3.05, 3.63) is 107 Å². The van der Waals surface area contributed by atoms with Gasteiger partial charge in [-0.2, -0.15) is 0 Å². The number of rotatable bonds is 3. The third kappa shape index (κ3) is 3.60. The van der Waals surface area contributed by atoms with Gasteiger partial charge in [0, 0.05) is 0 Å². The molecule has 4 heterocycles. The van der Waals surface area contributed by atoms with Crippen LogP contribution in [0.4, 0.5) is 0 Å². The molecule has 3 aliphatic heterocycles. The molecule has 0 spiro atoms. The standard InChI is InChI=1S/C28H22I2N2O2S/c33-25-19(24-31-21-12-6-7-13-22(21)35-24)16-28(26-29-14-15-30-26)20-11-5-4-10-18(20)23(32-27(28)34-25)17-8-2-1-3-9-17/h1-13,16,23,26-27,32H,14-15H2/q-2. The van der Waals surface area contributed by atoms with Gasteiger partial charge in [0.05, 0.1) is 0 Å². The minimum absolute atomic E-state index is 0.00599. The summed E-state index contributed by atoms with van der Waals surface area (Å²) < 4.78 is 10.8. The van der Waals surface area contributed by atoms with Crippen LogP contribution in [0.15, 0.2) is 84.9 Å². The monoisotopic (exact) mass is 704 g/mol. The second kappa shape index (κ2) is 8.93. The molecule has 0 radical (unpaired) electrons. The summed E-state index contributed by atoms with van der Waals surface area (Å²) in [5, 5.41) is 4.57. The number of thiazole rings is 1. The van der Waals surface area contributed by atoms with Crippen molar-refractivity contribution in [2.75, 3.05) is 8.86 Å².